The van der Waals surface area contributed by atoms with Crippen LogP contribution in [0, 0.1) is 0 Å². The van der Waals surface area contributed by atoms with Gasteiger partial charge in [-0.2, -0.15) is 0 Å². The molecule has 0 atom stereocenters. The minimum Gasteiger partial charge on any atom is -0.497 e. The minimum absolute atomic E-state index is 0.129. The van der Waals surface area contributed by atoms with Crippen molar-refractivity contribution >= 4 is 34.9 Å². The van der Waals surface area contributed by atoms with Crippen LogP contribution < -0.4 is 10.1 Å². The fraction of sp³-hybridized carbons (Fsp3) is 0.368. The Morgan fingerprint density at radius 3 is 2.44 bits per heavy atom. The third-order valence-electron chi connectivity index (χ3n) is 4.46. The first-order valence-electron chi connectivity index (χ1n) is 8.72. The van der Waals surface area contributed by atoms with Gasteiger partial charge in [0, 0.05) is 38.9 Å². The Balaban J connectivity index is 1.44. The smallest absolute Gasteiger partial charge is 0.239 e. The van der Waals surface area contributed by atoms with Crippen LogP contribution in [0.4, 0.5) is 5.82 Å². The molecular formula is C19H22Cl2N4O2. The lowest BCUT2D eigenvalue weighted by atomic mass is 10.2. The molecule has 3 rings (SSSR count). The maximum Gasteiger partial charge on any atom is 0.239 e. The first-order chi connectivity index (χ1) is 13.0. The molecule has 0 bridgehead atoms. The number of carbonyl (C=O) groups is 1. The molecule has 0 unspecified atom stereocenters. The molecule has 0 spiro atoms. The van der Waals surface area contributed by atoms with Gasteiger partial charge in [-0.3, -0.25) is 14.6 Å². The summed E-state index contributed by atoms with van der Waals surface area (Å²) in [5.41, 5.74) is 1.26. The third kappa shape index (κ3) is 5.81. The van der Waals surface area contributed by atoms with E-state index in [1.54, 1.807) is 13.2 Å². The minimum atomic E-state index is -0.129. The van der Waals surface area contributed by atoms with Gasteiger partial charge in [0.05, 0.1) is 23.7 Å². The van der Waals surface area contributed by atoms with Crippen LogP contribution >= 0.6 is 23.2 Å². The molecule has 27 heavy (non-hydrogen) atoms. The molecule has 1 fully saturated rings. The largest absolute Gasteiger partial charge is 0.497 e. The fourth-order valence-electron chi connectivity index (χ4n) is 2.98. The maximum absolute atomic E-state index is 12.2. The highest BCUT2D eigenvalue weighted by molar-refractivity contribution is 6.36. The molecule has 6 nitrogen and oxygen atoms in total. The Hall–Kier alpha value is -1.86. The van der Waals surface area contributed by atoms with Crippen molar-refractivity contribution in [2.75, 3.05) is 45.2 Å². The number of nitrogens with one attached hydrogen (secondary N) is 1. The van der Waals surface area contributed by atoms with E-state index in [1.165, 1.54) is 11.8 Å². The number of hydrogen-bond acceptors (Lipinski definition) is 5. The molecular weight excluding hydrogens is 387 g/mol. The molecule has 0 radical (unpaired) electrons. The van der Waals surface area contributed by atoms with Crippen molar-refractivity contribution in [1.82, 2.24) is 14.8 Å². The molecule has 2 aromatic rings. The van der Waals surface area contributed by atoms with Crippen molar-refractivity contribution in [3.05, 3.63) is 52.1 Å². The van der Waals surface area contributed by atoms with Crippen LogP contribution in [0.1, 0.15) is 5.56 Å². The van der Waals surface area contributed by atoms with E-state index < -0.39 is 0 Å². The average Bonchev–Trinajstić information content (AvgIpc) is 2.66. The van der Waals surface area contributed by atoms with Crippen LogP contribution in [0.25, 0.3) is 0 Å². The number of rotatable bonds is 6. The van der Waals surface area contributed by atoms with Gasteiger partial charge in [-0.1, -0.05) is 35.3 Å². The van der Waals surface area contributed by atoms with Crippen LogP contribution in [-0.2, 0) is 11.3 Å². The maximum atomic E-state index is 12.2. The van der Waals surface area contributed by atoms with Gasteiger partial charge in [-0.05, 0) is 23.8 Å². The molecule has 0 aliphatic carbocycles. The van der Waals surface area contributed by atoms with E-state index in [-0.39, 0.29) is 5.91 Å². The molecule has 1 N–H and O–H groups in total. The Kier molecular flexibility index (Phi) is 6.90. The summed E-state index contributed by atoms with van der Waals surface area (Å²) in [5, 5.41) is 3.51. The molecule has 1 amide bonds. The van der Waals surface area contributed by atoms with Gasteiger partial charge >= 0.3 is 0 Å². The molecule has 0 saturated carbocycles. The van der Waals surface area contributed by atoms with Gasteiger partial charge in [-0.15, -0.1) is 0 Å². The number of carbonyl (C=O) groups excluding carboxylic acids is 1. The van der Waals surface area contributed by atoms with E-state index in [0.717, 1.165) is 38.5 Å². The van der Waals surface area contributed by atoms with Crippen molar-refractivity contribution in [2.24, 2.45) is 0 Å². The Morgan fingerprint density at radius 2 is 1.81 bits per heavy atom. The predicted molar refractivity (Wildman–Crippen MR) is 108 cm³/mol. The second kappa shape index (κ2) is 9.37. The molecule has 1 saturated heterocycles. The first kappa shape index (κ1) is 19.9. The number of halogens is 2. The van der Waals surface area contributed by atoms with Crippen LogP contribution in [0.5, 0.6) is 5.75 Å². The number of nitrogens with zero attached hydrogens (tertiary/aromatic N) is 3. The van der Waals surface area contributed by atoms with E-state index in [2.05, 4.69) is 32.2 Å². The van der Waals surface area contributed by atoms with Gasteiger partial charge < -0.3 is 10.1 Å². The Morgan fingerprint density at radius 1 is 1.15 bits per heavy atom. The van der Waals surface area contributed by atoms with Crippen molar-refractivity contribution < 1.29 is 9.53 Å². The zero-order valence-electron chi connectivity index (χ0n) is 15.1. The number of benzene rings is 1. The number of methoxy groups -OCH3 is 1. The summed E-state index contributed by atoms with van der Waals surface area (Å²) >= 11 is 11.9. The number of piperazine rings is 1. The SMILES string of the molecule is COc1ccc(CN2CCN(CC(=O)Nc3ncc(Cl)cc3Cl)CC2)cc1. The van der Waals surface area contributed by atoms with E-state index in [9.17, 15) is 4.79 Å². The number of anilines is 1. The number of ether oxygens (including phenoxy) is 1. The highest BCUT2D eigenvalue weighted by atomic mass is 35.5. The van der Waals surface area contributed by atoms with Crippen LogP contribution in [0.15, 0.2) is 36.5 Å². The topological polar surface area (TPSA) is 57.7 Å². The first-order valence-corrected chi connectivity index (χ1v) is 9.47. The van der Waals surface area contributed by atoms with E-state index in [1.807, 2.05) is 12.1 Å². The third-order valence-corrected chi connectivity index (χ3v) is 4.96. The second-order valence-electron chi connectivity index (χ2n) is 6.43. The summed E-state index contributed by atoms with van der Waals surface area (Å²) in [6, 6.07) is 9.68. The van der Waals surface area contributed by atoms with Crippen molar-refractivity contribution in [1.29, 1.82) is 0 Å². The number of pyridine rings is 1. The highest BCUT2D eigenvalue weighted by Crippen LogP contribution is 2.22. The lowest BCUT2D eigenvalue weighted by Gasteiger charge is -2.34. The molecule has 1 aliphatic rings. The van der Waals surface area contributed by atoms with Gasteiger partial charge in [0.15, 0.2) is 5.82 Å². The lowest BCUT2D eigenvalue weighted by molar-refractivity contribution is -0.117. The number of hydrogen-bond donors (Lipinski definition) is 1. The molecule has 1 aromatic carbocycles. The number of amides is 1. The molecule has 2 heterocycles. The van der Waals surface area contributed by atoms with E-state index >= 15 is 0 Å². The van der Waals surface area contributed by atoms with Gasteiger partial charge in [0.2, 0.25) is 5.91 Å². The van der Waals surface area contributed by atoms with Crippen molar-refractivity contribution in [3.63, 3.8) is 0 Å². The van der Waals surface area contributed by atoms with Crippen molar-refractivity contribution in [3.8, 4) is 5.75 Å². The zero-order valence-corrected chi connectivity index (χ0v) is 16.6. The summed E-state index contributed by atoms with van der Waals surface area (Å²) in [5.74, 6) is 1.07. The normalized spacial score (nSPS) is 15.5. The summed E-state index contributed by atoms with van der Waals surface area (Å²) in [6.07, 6.45) is 1.46. The summed E-state index contributed by atoms with van der Waals surface area (Å²) < 4.78 is 5.19. The predicted octanol–water partition coefficient (Wildman–Crippen LogP) is 3.15. The summed E-state index contributed by atoms with van der Waals surface area (Å²) in [7, 11) is 1.67. The monoisotopic (exact) mass is 408 g/mol. The Labute approximate surface area is 169 Å². The van der Waals surface area contributed by atoms with Crippen LogP contribution in [0.3, 0.4) is 0 Å². The quantitative estimate of drug-likeness (QED) is 0.795. The zero-order chi connectivity index (χ0) is 19.2. The van der Waals surface area contributed by atoms with Gasteiger partial charge in [-0.25, -0.2) is 4.98 Å². The summed E-state index contributed by atoms with van der Waals surface area (Å²) in [6.45, 7) is 4.72. The molecule has 8 heteroatoms. The molecule has 1 aliphatic heterocycles. The average molecular weight is 409 g/mol. The summed E-state index contributed by atoms with van der Waals surface area (Å²) in [4.78, 5) is 20.8. The Bertz CT molecular complexity index is 778. The van der Waals surface area contributed by atoms with Crippen LogP contribution in [-0.4, -0.2) is 60.5 Å². The van der Waals surface area contributed by atoms with E-state index in [0.29, 0.717) is 22.4 Å². The van der Waals surface area contributed by atoms with Crippen molar-refractivity contribution in [2.45, 2.75) is 6.54 Å². The fourth-order valence-corrected chi connectivity index (χ4v) is 3.40. The van der Waals surface area contributed by atoms with Gasteiger partial charge in [0.25, 0.3) is 0 Å². The van der Waals surface area contributed by atoms with Crippen LogP contribution in [0.2, 0.25) is 10.0 Å². The number of aromatic nitrogens is 1. The second-order valence-corrected chi connectivity index (χ2v) is 7.28. The standard InChI is InChI=1S/C19H22Cl2N4O2/c1-27-16-4-2-14(3-5-16)12-24-6-8-25(9-7-24)13-18(26)23-19-17(21)10-15(20)11-22-19/h2-5,10-11H,6-9,12-13H2,1H3,(H,22,23,26). The molecule has 144 valence electrons. The van der Waals surface area contributed by atoms with E-state index in [4.69, 9.17) is 27.9 Å². The highest BCUT2D eigenvalue weighted by Gasteiger charge is 2.19. The molecule has 1 aromatic heterocycles. The van der Waals surface area contributed by atoms with Gasteiger partial charge in [0.1, 0.15) is 5.75 Å². The lowest BCUT2D eigenvalue weighted by Crippen LogP contribution is -2.48.